The van der Waals surface area contributed by atoms with Crippen LogP contribution in [0.25, 0.3) is 0 Å². The van der Waals surface area contributed by atoms with Crippen LogP contribution in [0, 0.1) is 0 Å². The third-order valence-corrected chi connectivity index (χ3v) is 3.71. The zero-order valence-corrected chi connectivity index (χ0v) is 13.2. The summed E-state index contributed by atoms with van der Waals surface area (Å²) in [5, 5.41) is 0. The maximum Gasteiger partial charge on any atom is 0.119 e. The molecule has 5 heteroatoms. The van der Waals surface area contributed by atoms with Crippen LogP contribution >= 0.6 is 15.9 Å². The standard InChI is InChI=1S/C15H18BrN3O/c1-19(13-3-5-14(20-2)6-4-13)15(8-17)11-7-12(16)10-18-9-11/h3-7,9-10,15H,8,17H2,1-2H3. The predicted octanol–water partition coefficient (Wildman–Crippen LogP) is 2.99. The Balaban J connectivity index is 2.26. The van der Waals surface area contributed by atoms with Crippen LogP contribution in [0.1, 0.15) is 11.6 Å². The smallest absolute Gasteiger partial charge is 0.119 e. The number of nitrogens with zero attached hydrogens (tertiary/aromatic N) is 2. The summed E-state index contributed by atoms with van der Waals surface area (Å²) in [4.78, 5) is 6.35. The van der Waals surface area contributed by atoms with Gasteiger partial charge in [0.25, 0.3) is 0 Å². The monoisotopic (exact) mass is 335 g/mol. The van der Waals surface area contributed by atoms with Crippen LogP contribution in [0.15, 0.2) is 47.2 Å². The first-order valence-corrected chi connectivity index (χ1v) is 7.12. The zero-order valence-electron chi connectivity index (χ0n) is 11.6. The summed E-state index contributed by atoms with van der Waals surface area (Å²) in [6.45, 7) is 0.515. The van der Waals surface area contributed by atoms with E-state index in [0.29, 0.717) is 6.54 Å². The first-order chi connectivity index (χ1) is 9.65. The Morgan fingerprint density at radius 3 is 2.55 bits per heavy atom. The number of pyridine rings is 1. The molecule has 1 aromatic carbocycles. The predicted molar refractivity (Wildman–Crippen MR) is 85.1 cm³/mol. The van der Waals surface area contributed by atoms with Gasteiger partial charge < -0.3 is 15.4 Å². The fourth-order valence-corrected chi connectivity index (χ4v) is 2.51. The maximum atomic E-state index is 5.94. The fourth-order valence-electron chi connectivity index (χ4n) is 2.13. The number of benzene rings is 1. The van der Waals surface area contributed by atoms with Crippen LogP contribution in [0.5, 0.6) is 5.75 Å². The minimum Gasteiger partial charge on any atom is -0.497 e. The van der Waals surface area contributed by atoms with Crippen LogP contribution in [0.4, 0.5) is 5.69 Å². The van der Waals surface area contributed by atoms with Crippen molar-refractivity contribution in [3.8, 4) is 5.75 Å². The van der Waals surface area contributed by atoms with Crippen molar-refractivity contribution >= 4 is 21.6 Å². The minimum absolute atomic E-state index is 0.0772. The molecule has 0 bridgehead atoms. The van der Waals surface area contributed by atoms with Crippen molar-refractivity contribution in [3.63, 3.8) is 0 Å². The van der Waals surface area contributed by atoms with Gasteiger partial charge in [-0.3, -0.25) is 4.98 Å². The van der Waals surface area contributed by atoms with Crippen molar-refractivity contribution in [2.75, 3.05) is 25.6 Å². The van der Waals surface area contributed by atoms with Crippen molar-refractivity contribution in [2.24, 2.45) is 5.73 Å². The van der Waals surface area contributed by atoms with Crippen molar-refractivity contribution < 1.29 is 4.74 Å². The lowest BCUT2D eigenvalue weighted by atomic mass is 10.1. The second-order valence-corrected chi connectivity index (χ2v) is 5.41. The highest BCUT2D eigenvalue weighted by atomic mass is 79.9. The number of halogens is 1. The molecule has 1 heterocycles. The highest BCUT2D eigenvalue weighted by Crippen LogP contribution is 2.27. The first kappa shape index (κ1) is 14.8. The molecule has 1 atom stereocenters. The third-order valence-electron chi connectivity index (χ3n) is 3.28. The molecule has 0 radical (unpaired) electrons. The van der Waals surface area contributed by atoms with Gasteiger partial charge in [0.1, 0.15) is 5.75 Å². The van der Waals surface area contributed by atoms with Gasteiger partial charge in [0.05, 0.1) is 13.2 Å². The molecule has 0 saturated carbocycles. The number of aromatic nitrogens is 1. The number of likely N-dealkylation sites (N-methyl/N-ethyl adjacent to an activating group) is 1. The maximum absolute atomic E-state index is 5.94. The largest absolute Gasteiger partial charge is 0.497 e. The summed E-state index contributed by atoms with van der Waals surface area (Å²) >= 11 is 3.45. The molecule has 0 aliphatic rings. The lowest BCUT2D eigenvalue weighted by Gasteiger charge is -2.29. The van der Waals surface area contributed by atoms with E-state index in [0.717, 1.165) is 21.5 Å². The van der Waals surface area contributed by atoms with E-state index < -0.39 is 0 Å². The van der Waals surface area contributed by atoms with E-state index in [1.807, 2.05) is 43.6 Å². The van der Waals surface area contributed by atoms with Crippen LogP contribution in [0.3, 0.4) is 0 Å². The fraction of sp³-hybridized carbons (Fsp3) is 0.267. The number of nitrogens with two attached hydrogens (primary N) is 1. The van der Waals surface area contributed by atoms with E-state index in [1.165, 1.54) is 0 Å². The summed E-state index contributed by atoms with van der Waals surface area (Å²) < 4.78 is 6.13. The van der Waals surface area contributed by atoms with Gasteiger partial charge in [-0.05, 0) is 51.8 Å². The Labute approximate surface area is 127 Å². The normalized spacial score (nSPS) is 12.0. The molecule has 0 spiro atoms. The molecule has 4 nitrogen and oxygen atoms in total. The molecule has 0 amide bonds. The van der Waals surface area contributed by atoms with Crippen molar-refractivity contribution in [1.82, 2.24) is 4.98 Å². The van der Waals surface area contributed by atoms with Gasteiger partial charge in [-0.15, -0.1) is 0 Å². The second-order valence-electron chi connectivity index (χ2n) is 4.50. The van der Waals surface area contributed by atoms with E-state index in [1.54, 1.807) is 13.3 Å². The molecular weight excluding hydrogens is 318 g/mol. The average molecular weight is 336 g/mol. The molecule has 20 heavy (non-hydrogen) atoms. The van der Waals surface area contributed by atoms with E-state index in [2.05, 4.69) is 25.8 Å². The van der Waals surface area contributed by atoms with Gasteiger partial charge in [-0.1, -0.05) is 0 Å². The second kappa shape index (κ2) is 6.72. The number of methoxy groups -OCH3 is 1. The van der Waals surface area contributed by atoms with Gasteiger partial charge in [0.15, 0.2) is 0 Å². The molecule has 1 aromatic heterocycles. The van der Waals surface area contributed by atoms with Crippen LogP contribution < -0.4 is 15.4 Å². The Kier molecular flexibility index (Phi) is 4.98. The number of hydrogen-bond acceptors (Lipinski definition) is 4. The van der Waals surface area contributed by atoms with E-state index in [-0.39, 0.29) is 6.04 Å². The molecule has 106 valence electrons. The molecule has 2 N–H and O–H groups in total. The molecule has 0 fully saturated rings. The summed E-state index contributed by atoms with van der Waals surface area (Å²) in [7, 11) is 3.69. The molecular formula is C15H18BrN3O. The summed E-state index contributed by atoms with van der Waals surface area (Å²) in [6.07, 6.45) is 3.62. The van der Waals surface area contributed by atoms with Crippen molar-refractivity contribution in [3.05, 3.63) is 52.8 Å². The van der Waals surface area contributed by atoms with Crippen LogP contribution in [0.2, 0.25) is 0 Å². The van der Waals surface area contributed by atoms with E-state index in [4.69, 9.17) is 10.5 Å². The number of ether oxygens (including phenoxy) is 1. The molecule has 2 rings (SSSR count). The van der Waals surface area contributed by atoms with Gasteiger partial charge >= 0.3 is 0 Å². The minimum atomic E-state index is 0.0772. The van der Waals surface area contributed by atoms with Crippen molar-refractivity contribution in [2.45, 2.75) is 6.04 Å². The van der Waals surface area contributed by atoms with Gasteiger partial charge in [0, 0.05) is 36.1 Å². The molecule has 0 saturated heterocycles. The lowest BCUT2D eigenvalue weighted by Crippen LogP contribution is -2.30. The van der Waals surface area contributed by atoms with Gasteiger partial charge in [-0.2, -0.15) is 0 Å². The summed E-state index contributed by atoms with van der Waals surface area (Å²) in [6, 6.07) is 10.1. The topological polar surface area (TPSA) is 51.4 Å². The quantitative estimate of drug-likeness (QED) is 0.912. The Bertz CT molecular complexity index is 559. The first-order valence-electron chi connectivity index (χ1n) is 6.33. The number of hydrogen-bond donors (Lipinski definition) is 1. The Morgan fingerprint density at radius 2 is 2.00 bits per heavy atom. The lowest BCUT2D eigenvalue weighted by molar-refractivity contribution is 0.415. The Hall–Kier alpha value is -1.59. The molecule has 1 unspecified atom stereocenters. The molecule has 0 aliphatic carbocycles. The molecule has 0 aliphatic heterocycles. The van der Waals surface area contributed by atoms with Gasteiger partial charge in [0.2, 0.25) is 0 Å². The van der Waals surface area contributed by atoms with Crippen molar-refractivity contribution in [1.29, 1.82) is 0 Å². The highest BCUT2D eigenvalue weighted by molar-refractivity contribution is 9.10. The zero-order chi connectivity index (χ0) is 14.5. The SMILES string of the molecule is COc1ccc(N(C)C(CN)c2cncc(Br)c2)cc1. The molecule has 2 aromatic rings. The summed E-state index contributed by atoms with van der Waals surface area (Å²) in [5.74, 6) is 0.843. The van der Waals surface area contributed by atoms with E-state index >= 15 is 0 Å². The Morgan fingerprint density at radius 1 is 1.30 bits per heavy atom. The average Bonchev–Trinajstić information content (AvgIpc) is 2.48. The summed E-state index contributed by atoms with van der Waals surface area (Å²) in [5.41, 5.74) is 8.11. The highest BCUT2D eigenvalue weighted by Gasteiger charge is 2.16. The van der Waals surface area contributed by atoms with Crippen LogP contribution in [-0.4, -0.2) is 25.7 Å². The van der Waals surface area contributed by atoms with E-state index in [9.17, 15) is 0 Å². The number of anilines is 1. The number of rotatable bonds is 5. The third kappa shape index (κ3) is 3.29. The van der Waals surface area contributed by atoms with Gasteiger partial charge in [-0.25, -0.2) is 0 Å². The van der Waals surface area contributed by atoms with Crippen LogP contribution in [-0.2, 0) is 0 Å².